The molecule has 6 rings (SSSR count). The smallest absolute Gasteiger partial charge is 0.343 e. The third kappa shape index (κ3) is 2.93. The number of hydrogen-bond acceptors (Lipinski definition) is 7. The van der Waals surface area contributed by atoms with Crippen LogP contribution in [0.25, 0.3) is 32.7 Å². The second-order valence-corrected chi connectivity index (χ2v) is 9.97. The zero-order chi connectivity index (χ0) is 26.3. The molecular formula is C26H24FN5O5. The lowest BCUT2D eigenvalue weighted by molar-refractivity contribution is -0.172. The van der Waals surface area contributed by atoms with E-state index in [0.29, 0.717) is 51.8 Å². The van der Waals surface area contributed by atoms with Crippen molar-refractivity contribution in [1.29, 1.82) is 0 Å². The summed E-state index contributed by atoms with van der Waals surface area (Å²) >= 11 is 0. The first-order valence-corrected chi connectivity index (χ1v) is 12.2. The quantitative estimate of drug-likeness (QED) is 0.188. The second-order valence-electron chi connectivity index (χ2n) is 9.97. The van der Waals surface area contributed by atoms with Gasteiger partial charge in [-0.1, -0.05) is 12.0 Å². The molecule has 3 aliphatic rings. The summed E-state index contributed by atoms with van der Waals surface area (Å²) < 4.78 is 21.6. The van der Waals surface area contributed by atoms with E-state index >= 15 is 0 Å². The minimum atomic E-state index is -1.97. The number of aliphatic hydroxyl groups is 2. The van der Waals surface area contributed by atoms with Crippen molar-refractivity contribution in [2.24, 2.45) is 5.11 Å². The van der Waals surface area contributed by atoms with E-state index in [1.165, 1.54) is 10.6 Å². The van der Waals surface area contributed by atoms with E-state index in [0.717, 1.165) is 5.56 Å². The van der Waals surface area contributed by atoms with Gasteiger partial charge < -0.3 is 19.5 Å². The van der Waals surface area contributed by atoms with Crippen molar-refractivity contribution in [1.82, 2.24) is 9.55 Å². The summed E-state index contributed by atoms with van der Waals surface area (Å²) in [5.74, 6) is -1.23. The molecule has 2 N–H and O–H groups in total. The number of benzene rings is 1. The molecule has 190 valence electrons. The van der Waals surface area contributed by atoms with Crippen molar-refractivity contribution in [2.45, 2.75) is 63.8 Å². The molecule has 0 amide bonds. The van der Waals surface area contributed by atoms with Gasteiger partial charge in [-0.2, -0.15) is 0 Å². The number of cyclic esters (lactones) is 1. The van der Waals surface area contributed by atoms with E-state index in [9.17, 15) is 29.7 Å². The first-order valence-electron chi connectivity index (χ1n) is 12.2. The average molecular weight is 506 g/mol. The number of carbonyl (C=O) groups excluding carboxylic acids is 1. The van der Waals surface area contributed by atoms with Crippen molar-refractivity contribution in [3.8, 4) is 11.4 Å². The summed E-state index contributed by atoms with van der Waals surface area (Å²) in [6.07, 6.45) is 0.963. The predicted octanol–water partition coefficient (Wildman–Crippen LogP) is 3.36. The number of rotatable bonds is 4. The van der Waals surface area contributed by atoms with Crippen LogP contribution in [-0.4, -0.2) is 32.3 Å². The lowest BCUT2D eigenvalue weighted by Gasteiger charge is -2.36. The molecule has 11 heteroatoms. The number of azide groups is 1. The summed E-state index contributed by atoms with van der Waals surface area (Å²) in [6.45, 7) is 2.94. The molecule has 0 radical (unpaired) electrons. The first kappa shape index (κ1) is 23.6. The maximum absolute atomic E-state index is 15.0. The van der Waals surface area contributed by atoms with Crippen LogP contribution in [0.3, 0.4) is 0 Å². The summed E-state index contributed by atoms with van der Waals surface area (Å²) in [5.41, 5.74) is 10.0. The SMILES string of the molecule is CC[C@@]1(O)C(=O)OCc2c1cc1n(c2=O)Cc2c-1nc1cc(F)c(C)c3c1c2C(CCO)(N=[N+]=[N-])CC3. The largest absolute Gasteiger partial charge is 0.458 e. The molecule has 2 aliphatic heterocycles. The van der Waals surface area contributed by atoms with Crippen molar-refractivity contribution in [3.63, 3.8) is 0 Å². The summed E-state index contributed by atoms with van der Waals surface area (Å²) in [4.78, 5) is 34.0. The van der Waals surface area contributed by atoms with Gasteiger partial charge in [0.1, 0.15) is 12.4 Å². The Labute approximate surface area is 210 Å². The van der Waals surface area contributed by atoms with Crippen LogP contribution in [0.15, 0.2) is 22.0 Å². The number of aromatic nitrogens is 2. The Morgan fingerprint density at radius 3 is 2.78 bits per heavy atom. The number of nitrogens with zero attached hydrogens (tertiary/aromatic N) is 5. The zero-order valence-corrected chi connectivity index (χ0v) is 20.3. The summed E-state index contributed by atoms with van der Waals surface area (Å²) in [5, 5.41) is 25.9. The Hall–Kier alpha value is -3.79. The predicted molar refractivity (Wildman–Crippen MR) is 130 cm³/mol. The number of ether oxygens (including phenoxy) is 1. The van der Waals surface area contributed by atoms with E-state index in [4.69, 9.17) is 9.72 Å². The number of esters is 1. The van der Waals surface area contributed by atoms with E-state index < -0.39 is 28.5 Å². The molecule has 2 aromatic heterocycles. The van der Waals surface area contributed by atoms with Crippen LogP contribution in [0.1, 0.15) is 59.6 Å². The maximum Gasteiger partial charge on any atom is 0.343 e. The maximum atomic E-state index is 15.0. The highest BCUT2D eigenvalue weighted by Gasteiger charge is 2.47. The van der Waals surface area contributed by atoms with Crippen molar-refractivity contribution >= 4 is 16.9 Å². The number of carbonyl (C=O) groups is 1. The van der Waals surface area contributed by atoms with E-state index in [1.807, 2.05) is 0 Å². The number of hydrogen-bond donors (Lipinski definition) is 2. The van der Waals surface area contributed by atoms with E-state index in [2.05, 4.69) is 10.0 Å². The van der Waals surface area contributed by atoms with Crippen LogP contribution in [0.4, 0.5) is 4.39 Å². The molecule has 0 spiro atoms. The molecule has 2 atom stereocenters. The Kier molecular flexibility index (Phi) is 5.01. The minimum absolute atomic E-state index is 0.00925. The van der Waals surface area contributed by atoms with Gasteiger partial charge >= 0.3 is 5.97 Å². The zero-order valence-electron chi connectivity index (χ0n) is 20.3. The Morgan fingerprint density at radius 2 is 2.08 bits per heavy atom. The van der Waals surface area contributed by atoms with Crippen LogP contribution in [0.5, 0.6) is 0 Å². The monoisotopic (exact) mass is 505 g/mol. The molecule has 0 bridgehead atoms. The molecule has 0 fully saturated rings. The molecule has 1 unspecified atom stereocenters. The molecule has 1 aliphatic carbocycles. The topological polar surface area (TPSA) is 150 Å². The van der Waals surface area contributed by atoms with Gasteiger partial charge in [-0.15, -0.1) is 0 Å². The fraction of sp³-hybridized carbons (Fsp3) is 0.423. The second kappa shape index (κ2) is 7.85. The molecule has 10 nitrogen and oxygen atoms in total. The number of pyridine rings is 2. The van der Waals surface area contributed by atoms with Crippen molar-refractivity contribution in [3.05, 3.63) is 72.1 Å². The van der Waals surface area contributed by atoms with Crippen molar-refractivity contribution < 1.29 is 24.1 Å². The van der Waals surface area contributed by atoms with Gasteiger partial charge in [0.15, 0.2) is 5.60 Å². The Balaban J connectivity index is 1.74. The van der Waals surface area contributed by atoms with Crippen LogP contribution in [0.2, 0.25) is 0 Å². The minimum Gasteiger partial charge on any atom is -0.458 e. The number of aryl methyl sites for hydroxylation is 1. The molecule has 4 heterocycles. The highest BCUT2D eigenvalue weighted by atomic mass is 19.1. The Morgan fingerprint density at radius 1 is 1.30 bits per heavy atom. The third-order valence-electron chi connectivity index (χ3n) is 8.32. The molecular weight excluding hydrogens is 481 g/mol. The van der Waals surface area contributed by atoms with Gasteiger partial charge in [0.2, 0.25) is 0 Å². The van der Waals surface area contributed by atoms with Gasteiger partial charge in [-0.3, -0.25) is 4.79 Å². The molecule has 1 aromatic carbocycles. The van der Waals surface area contributed by atoms with E-state index in [-0.39, 0.29) is 43.7 Å². The third-order valence-corrected chi connectivity index (χ3v) is 8.32. The lowest BCUT2D eigenvalue weighted by Crippen LogP contribution is -2.44. The molecule has 0 saturated heterocycles. The fourth-order valence-electron chi connectivity index (χ4n) is 6.34. The molecule has 0 saturated carbocycles. The number of halogens is 1. The fourth-order valence-corrected chi connectivity index (χ4v) is 6.34. The highest BCUT2D eigenvalue weighted by Crippen LogP contribution is 2.50. The van der Waals surface area contributed by atoms with E-state index in [1.54, 1.807) is 19.9 Å². The van der Waals surface area contributed by atoms with Crippen LogP contribution >= 0.6 is 0 Å². The van der Waals surface area contributed by atoms with Crippen LogP contribution in [0, 0.1) is 12.7 Å². The van der Waals surface area contributed by atoms with Crippen LogP contribution in [-0.2, 0) is 40.2 Å². The highest BCUT2D eigenvalue weighted by molar-refractivity contribution is 5.94. The standard InChI is InChI=1S/C26H24FN5O5/c1-3-26(36)16-8-19-22-14(10-32(19)23(34)15(16)11-37-24(26)35)21-20-13(12(2)17(27)9-18(20)29-22)4-5-25(21,6-7-33)30-31-28/h8-9,33,36H,3-7,10-11H2,1-2H3/t25?,26-/m0/s1. The van der Waals surface area contributed by atoms with Crippen LogP contribution < -0.4 is 5.56 Å². The molecule has 3 aromatic rings. The van der Waals surface area contributed by atoms with Gasteiger partial charge in [0.05, 0.1) is 34.6 Å². The molecule has 37 heavy (non-hydrogen) atoms. The first-order chi connectivity index (χ1) is 17.7. The van der Waals surface area contributed by atoms with Gasteiger partial charge in [-0.25, -0.2) is 14.2 Å². The number of aliphatic hydroxyl groups excluding tert-OH is 1. The summed E-state index contributed by atoms with van der Waals surface area (Å²) in [6, 6.07) is 2.93. The van der Waals surface area contributed by atoms with Crippen molar-refractivity contribution in [2.75, 3.05) is 6.61 Å². The van der Waals surface area contributed by atoms with Gasteiger partial charge in [0.25, 0.3) is 5.56 Å². The Bertz CT molecular complexity index is 1660. The van der Waals surface area contributed by atoms with Gasteiger partial charge in [-0.05, 0) is 60.9 Å². The number of fused-ring (bicyclic) bond motifs is 5. The lowest BCUT2D eigenvalue weighted by atomic mass is 9.72. The average Bonchev–Trinajstić information content (AvgIpc) is 3.24. The normalized spacial score (nSPS) is 23.2. The summed E-state index contributed by atoms with van der Waals surface area (Å²) in [7, 11) is 0. The van der Waals surface area contributed by atoms with Gasteiger partial charge in [0, 0.05) is 34.1 Å².